The normalized spacial score (nSPS) is 13.4. The molecule has 0 aliphatic rings. The van der Waals surface area contributed by atoms with E-state index in [1.165, 1.54) is 17.0 Å². The SMILES string of the molecule is CC(C)[C@H](N)C(=O)N[C@@H](Cc1ccc(O)cc1)C(=O)N(CCc1ccccc1)[C@H](C(N)=O)C(C)C.Cl. The summed E-state index contributed by atoms with van der Waals surface area (Å²) in [5.41, 5.74) is 13.5. The number of phenols is 1. The molecule has 0 radical (unpaired) electrons. The zero-order chi connectivity index (χ0) is 26.1. The van der Waals surface area contributed by atoms with Crippen LogP contribution in [0.25, 0.3) is 0 Å². The van der Waals surface area contributed by atoms with Crippen LogP contribution in [0.5, 0.6) is 5.75 Å². The number of halogens is 1. The Balaban J connectivity index is 0.00000648. The molecule has 0 spiro atoms. The van der Waals surface area contributed by atoms with E-state index in [0.29, 0.717) is 6.42 Å². The molecular weight excluding hydrogens is 480 g/mol. The Kier molecular flexibility index (Phi) is 12.4. The lowest BCUT2D eigenvalue weighted by Crippen LogP contribution is -2.59. The molecule has 0 fully saturated rings. The van der Waals surface area contributed by atoms with Gasteiger partial charge in [0.05, 0.1) is 6.04 Å². The summed E-state index contributed by atoms with van der Waals surface area (Å²) in [7, 11) is 0. The third-order valence-corrected chi connectivity index (χ3v) is 6.04. The minimum Gasteiger partial charge on any atom is -0.508 e. The molecule has 0 saturated carbocycles. The molecule has 0 bridgehead atoms. The lowest BCUT2D eigenvalue weighted by Gasteiger charge is -2.35. The maximum Gasteiger partial charge on any atom is 0.246 e. The summed E-state index contributed by atoms with van der Waals surface area (Å²) in [5.74, 6) is -1.70. The van der Waals surface area contributed by atoms with Crippen LogP contribution in [-0.2, 0) is 27.2 Å². The second-order valence-electron chi connectivity index (χ2n) is 9.56. The van der Waals surface area contributed by atoms with Crippen LogP contribution in [0.1, 0.15) is 38.8 Å². The number of hydrogen-bond acceptors (Lipinski definition) is 5. The van der Waals surface area contributed by atoms with Gasteiger partial charge in [0.15, 0.2) is 0 Å². The average Bonchev–Trinajstić information content (AvgIpc) is 2.81. The Hall–Kier alpha value is -3.10. The molecule has 2 aromatic rings. The summed E-state index contributed by atoms with van der Waals surface area (Å²) in [6, 6.07) is 13.5. The van der Waals surface area contributed by atoms with Crippen LogP contribution in [0.2, 0.25) is 0 Å². The van der Waals surface area contributed by atoms with Gasteiger partial charge in [-0.15, -0.1) is 12.4 Å². The van der Waals surface area contributed by atoms with Crippen molar-refractivity contribution in [3.63, 3.8) is 0 Å². The van der Waals surface area contributed by atoms with Gasteiger partial charge in [-0.25, -0.2) is 0 Å². The molecule has 0 aromatic heterocycles. The molecule has 3 amide bonds. The maximum atomic E-state index is 13.9. The number of amides is 3. The molecule has 36 heavy (non-hydrogen) atoms. The first-order chi connectivity index (χ1) is 16.5. The van der Waals surface area contributed by atoms with Gasteiger partial charge in [0.1, 0.15) is 17.8 Å². The van der Waals surface area contributed by atoms with Gasteiger partial charge in [0.25, 0.3) is 0 Å². The summed E-state index contributed by atoms with van der Waals surface area (Å²) in [4.78, 5) is 40.7. The van der Waals surface area contributed by atoms with Crippen molar-refractivity contribution in [1.29, 1.82) is 0 Å². The highest BCUT2D eigenvalue weighted by Gasteiger charge is 2.36. The monoisotopic (exact) mass is 518 g/mol. The van der Waals surface area contributed by atoms with Crippen LogP contribution in [0.3, 0.4) is 0 Å². The van der Waals surface area contributed by atoms with Crippen LogP contribution in [0.15, 0.2) is 54.6 Å². The minimum atomic E-state index is -0.965. The van der Waals surface area contributed by atoms with Gasteiger partial charge in [0, 0.05) is 13.0 Å². The molecule has 8 nitrogen and oxygen atoms in total. The van der Waals surface area contributed by atoms with Crippen molar-refractivity contribution in [2.24, 2.45) is 23.3 Å². The van der Waals surface area contributed by atoms with Gasteiger partial charge < -0.3 is 26.8 Å². The van der Waals surface area contributed by atoms with Crippen molar-refractivity contribution in [2.75, 3.05) is 6.54 Å². The third-order valence-electron chi connectivity index (χ3n) is 6.04. The molecule has 3 atom stereocenters. The van der Waals surface area contributed by atoms with Crippen LogP contribution in [0.4, 0.5) is 0 Å². The molecular formula is C27H39ClN4O4. The second kappa shape index (κ2) is 14.5. The van der Waals surface area contributed by atoms with Crippen molar-refractivity contribution in [3.05, 3.63) is 65.7 Å². The fraction of sp³-hybridized carbons (Fsp3) is 0.444. The average molecular weight is 519 g/mol. The largest absolute Gasteiger partial charge is 0.508 e. The van der Waals surface area contributed by atoms with E-state index in [1.807, 2.05) is 58.0 Å². The van der Waals surface area contributed by atoms with Crippen molar-refractivity contribution in [1.82, 2.24) is 10.2 Å². The maximum absolute atomic E-state index is 13.9. The first kappa shape index (κ1) is 30.9. The quantitative estimate of drug-likeness (QED) is 0.341. The number of carbonyl (C=O) groups is 3. The smallest absolute Gasteiger partial charge is 0.246 e. The number of nitrogens with two attached hydrogens (primary N) is 2. The fourth-order valence-corrected chi connectivity index (χ4v) is 3.96. The van der Waals surface area contributed by atoms with Gasteiger partial charge in [-0.3, -0.25) is 14.4 Å². The second-order valence-corrected chi connectivity index (χ2v) is 9.56. The number of nitrogens with one attached hydrogen (secondary N) is 1. The topological polar surface area (TPSA) is 139 Å². The van der Waals surface area contributed by atoms with E-state index in [9.17, 15) is 19.5 Å². The number of hydrogen-bond donors (Lipinski definition) is 4. The highest BCUT2D eigenvalue weighted by molar-refractivity contribution is 5.93. The number of benzene rings is 2. The molecule has 0 aliphatic carbocycles. The standard InChI is InChI=1S/C27H38N4O4.ClH/c1-17(2)23(28)26(34)30-22(16-20-10-12-21(32)13-11-20)27(35)31(24(18(3)4)25(29)33)15-14-19-8-6-5-7-9-19;/h5-13,17-18,22-24,32H,14-16,28H2,1-4H3,(H2,29,33)(H,30,34);1H/t22-,23-,24-;/m0./s1. The van der Waals surface area contributed by atoms with E-state index in [-0.39, 0.29) is 43.0 Å². The summed E-state index contributed by atoms with van der Waals surface area (Å²) < 4.78 is 0. The highest BCUT2D eigenvalue weighted by atomic mass is 35.5. The third kappa shape index (κ3) is 8.84. The van der Waals surface area contributed by atoms with Crippen molar-refractivity contribution >= 4 is 30.1 Å². The molecule has 0 aliphatic heterocycles. The molecule has 0 saturated heterocycles. The predicted molar refractivity (Wildman–Crippen MR) is 143 cm³/mol. The minimum absolute atomic E-state index is 0. The zero-order valence-corrected chi connectivity index (χ0v) is 22.2. The lowest BCUT2D eigenvalue weighted by atomic mass is 9.97. The van der Waals surface area contributed by atoms with E-state index in [0.717, 1.165) is 11.1 Å². The van der Waals surface area contributed by atoms with Crippen LogP contribution in [-0.4, -0.2) is 52.4 Å². The van der Waals surface area contributed by atoms with E-state index in [4.69, 9.17) is 11.5 Å². The Morgan fingerprint density at radius 2 is 1.50 bits per heavy atom. The Morgan fingerprint density at radius 1 is 0.917 bits per heavy atom. The first-order valence-electron chi connectivity index (χ1n) is 12.0. The molecule has 0 heterocycles. The molecule has 0 unspecified atom stereocenters. The highest BCUT2D eigenvalue weighted by Crippen LogP contribution is 2.18. The van der Waals surface area contributed by atoms with E-state index < -0.39 is 35.8 Å². The fourth-order valence-electron chi connectivity index (χ4n) is 3.96. The molecule has 6 N–H and O–H groups in total. The van der Waals surface area contributed by atoms with Crippen LogP contribution in [0, 0.1) is 11.8 Å². The van der Waals surface area contributed by atoms with Crippen LogP contribution >= 0.6 is 12.4 Å². The summed E-state index contributed by atoms with van der Waals surface area (Å²) in [6.45, 7) is 7.58. The van der Waals surface area contributed by atoms with Crippen molar-refractivity contribution in [2.45, 2.75) is 58.7 Å². The van der Waals surface area contributed by atoms with Crippen molar-refractivity contribution < 1.29 is 19.5 Å². The number of rotatable bonds is 12. The predicted octanol–water partition coefficient (Wildman–Crippen LogP) is 2.41. The number of carbonyl (C=O) groups excluding carboxylic acids is 3. The summed E-state index contributed by atoms with van der Waals surface area (Å²) in [6.07, 6.45) is 0.690. The molecule has 9 heteroatoms. The van der Waals surface area contributed by atoms with Gasteiger partial charge >= 0.3 is 0 Å². The number of nitrogens with zero attached hydrogens (tertiary/aromatic N) is 1. The Labute approximate surface area is 219 Å². The van der Waals surface area contributed by atoms with Gasteiger partial charge in [-0.05, 0) is 41.5 Å². The zero-order valence-electron chi connectivity index (χ0n) is 21.4. The van der Waals surface area contributed by atoms with Gasteiger partial charge in [-0.2, -0.15) is 0 Å². The molecule has 2 rings (SSSR count). The number of aromatic hydroxyl groups is 1. The van der Waals surface area contributed by atoms with E-state index in [1.54, 1.807) is 12.1 Å². The van der Waals surface area contributed by atoms with E-state index in [2.05, 4.69) is 5.32 Å². The summed E-state index contributed by atoms with van der Waals surface area (Å²) in [5, 5.41) is 12.4. The molecule has 198 valence electrons. The van der Waals surface area contributed by atoms with Gasteiger partial charge in [-0.1, -0.05) is 70.2 Å². The number of primary amides is 1. The van der Waals surface area contributed by atoms with E-state index >= 15 is 0 Å². The Morgan fingerprint density at radius 3 is 2.00 bits per heavy atom. The van der Waals surface area contributed by atoms with Crippen LogP contribution < -0.4 is 16.8 Å². The van der Waals surface area contributed by atoms with Crippen molar-refractivity contribution in [3.8, 4) is 5.75 Å². The molecule has 2 aromatic carbocycles. The van der Waals surface area contributed by atoms with Gasteiger partial charge in [0.2, 0.25) is 17.7 Å². The number of phenolic OH excluding ortho intramolecular Hbond substituents is 1. The first-order valence-corrected chi connectivity index (χ1v) is 12.0. The lowest BCUT2D eigenvalue weighted by molar-refractivity contribution is -0.144. The Bertz CT molecular complexity index is 983. The summed E-state index contributed by atoms with van der Waals surface area (Å²) >= 11 is 0.